The van der Waals surface area contributed by atoms with Crippen LogP contribution in [-0.2, 0) is 12.8 Å². The molecule has 0 fully saturated rings. The van der Waals surface area contributed by atoms with Gasteiger partial charge >= 0.3 is 6.18 Å². The van der Waals surface area contributed by atoms with E-state index in [0.29, 0.717) is 5.69 Å². The fourth-order valence-electron chi connectivity index (χ4n) is 1.88. The van der Waals surface area contributed by atoms with Gasteiger partial charge in [-0.2, -0.15) is 18.3 Å². The molecule has 0 bridgehead atoms. The number of alkyl halides is 3. The summed E-state index contributed by atoms with van der Waals surface area (Å²) in [5.74, 6) is -0.592. The molecule has 2 rings (SSSR count). The molecule has 4 N–H and O–H groups in total. The van der Waals surface area contributed by atoms with Crippen LogP contribution in [0.4, 0.5) is 13.2 Å². The molecule has 0 spiro atoms. The van der Waals surface area contributed by atoms with Gasteiger partial charge in [-0.15, -0.1) is 0 Å². The zero-order valence-electron chi connectivity index (χ0n) is 12.9. The molecule has 0 radical (unpaired) electrons. The van der Waals surface area contributed by atoms with Crippen LogP contribution in [0, 0.1) is 0 Å². The van der Waals surface area contributed by atoms with Gasteiger partial charge in [0, 0.05) is 0 Å². The lowest BCUT2D eigenvalue weighted by atomic mass is 10.2. The fourth-order valence-corrected chi connectivity index (χ4v) is 1.88. The van der Waals surface area contributed by atoms with Gasteiger partial charge in [-0.1, -0.05) is 6.07 Å². The zero-order chi connectivity index (χ0) is 18.4. The van der Waals surface area contributed by atoms with Crippen LogP contribution in [0.5, 0.6) is 5.75 Å². The Morgan fingerprint density at radius 3 is 2.64 bits per heavy atom. The molecule has 1 amide bonds. The van der Waals surface area contributed by atoms with Crippen molar-refractivity contribution in [2.75, 3.05) is 13.2 Å². The lowest BCUT2D eigenvalue weighted by molar-refractivity contribution is -0.137. The number of carbonyl (C=O) groups is 1. The SMILES string of the molecule is O=C(NC(CO)CO)c1cc(COc2cccc(C(F)(F)F)c2)[nH]n1. The maximum absolute atomic E-state index is 12.6. The number of H-pyrrole nitrogens is 1. The van der Waals surface area contributed by atoms with Gasteiger partial charge in [-0.05, 0) is 24.3 Å². The van der Waals surface area contributed by atoms with Crippen molar-refractivity contribution in [1.29, 1.82) is 0 Å². The minimum absolute atomic E-state index is 0.00505. The summed E-state index contributed by atoms with van der Waals surface area (Å²) in [6, 6.07) is 4.96. The van der Waals surface area contributed by atoms with Gasteiger partial charge in [-0.25, -0.2) is 0 Å². The molecule has 0 unspecified atom stereocenters. The minimum Gasteiger partial charge on any atom is -0.487 e. The van der Waals surface area contributed by atoms with Gasteiger partial charge in [0.2, 0.25) is 0 Å². The summed E-state index contributed by atoms with van der Waals surface area (Å²) < 4.78 is 43.2. The zero-order valence-corrected chi connectivity index (χ0v) is 12.9. The monoisotopic (exact) mass is 359 g/mol. The molecule has 0 saturated heterocycles. The van der Waals surface area contributed by atoms with Crippen LogP contribution in [0.1, 0.15) is 21.7 Å². The number of carbonyl (C=O) groups excluding carboxylic acids is 1. The summed E-state index contributed by atoms with van der Waals surface area (Å²) >= 11 is 0. The number of nitrogens with one attached hydrogen (secondary N) is 2. The van der Waals surface area contributed by atoms with Gasteiger partial charge in [0.05, 0.1) is 30.5 Å². The molecule has 0 saturated carbocycles. The van der Waals surface area contributed by atoms with E-state index in [1.807, 2.05) is 0 Å². The number of nitrogens with zero attached hydrogens (tertiary/aromatic N) is 1. The number of ether oxygens (including phenoxy) is 1. The van der Waals surface area contributed by atoms with Gasteiger partial charge in [-0.3, -0.25) is 9.89 Å². The number of halogens is 3. The number of rotatable bonds is 7. The standard InChI is InChI=1S/C15H16F3N3O4/c16-15(17,18)9-2-1-3-12(4-9)25-8-10-5-13(21-20-10)14(24)19-11(6-22)7-23/h1-5,11,22-23H,6-8H2,(H,19,24)(H,20,21). The Morgan fingerprint density at radius 1 is 1.28 bits per heavy atom. The highest BCUT2D eigenvalue weighted by molar-refractivity contribution is 5.92. The van der Waals surface area contributed by atoms with E-state index in [1.54, 1.807) is 0 Å². The van der Waals surface area contributed by atoms with E-state index in [9.17, 15) is 18.0 Å². The molecule has 1 aromatic heterocycles. The van der Waals surface area contributed by atoms with Crippen molar-refractivity contribution in [3.63, 3.8) is 0 Å². The van der Waals surface area contributed by atoms with Crippen molar-refractivity contribution < 1.29 is 32.9 Å². The topological polar surface area (TPSA) is 107 Å². The molecule has 0 atom stereocenters. The molecule has 1 heterocycles. The molecule has 10 heteroatoms. The fraction of sp³-hybridized carbons (Fsp3) is 0.333. The Kier molecular flexibility index (Phi) is 5.99. The Bertz CT molecular complexity index is 714. The largest absolute Gasteiger partial charge is 0.487 e. The first kappa shape index (κ1) is 18.7. The molecule has 25 heavy (non-hydrogen) atoms. The maximum Gasteiger partial charge on any atom is 0.416 e. The molecular weight excluding hydrogens is 343 g/mol. The molecule has 2 aromatic rings. The first-order chi connectivity index (χ1) is 11.8. The number of aliphatic hydroxyl groups is 2. The van der Waals surface area contributed by atoms with Crippen molar-refractivity contribution in [3.8, 4) is 5.75 Å². The Balaban J connectivity index is 1.97. The van der Waals surface area contributed by atoms with E-state index in [4.69, 9.17) is 14.9 Å². The minimum atomic E-state index is -4.46. The molecule has 1 aromatic carbocycles. The van der Waals surface area contributed by atoms with Crippen LogP contribution in [0.2, 0.25) is 0 Å². The van der Waals surface area contributed by atoms with Gasteiger partial charge in [0.1, 0.15) is 18.1 Å². The molecule has 136 valence electrons. The second-order valence-electron chi connectivity index (χ2n) is 5.13. The number of aromatic nitrogens is 2. The predicted octanol–water partition coefficient (Wildman–Crippen LogP) is 1.09. The number of aliphatic hydroxyl groups excluding tert-OH is 2. The third kappa shape index (κ3) is 5.19. The van der Waals surface area contributed by atoms with Crippen LogP contribution < -0.4 is 10.1 Å². The molecule has 7 nitrogen and oxygen atoms in total. The van der Waals surface area contributed by atoms with E-state index < -0.39 is 36.9 Å². The smallest absolute Gasteiger partial charge is 0.416 e. The Morgan fingerprint density at radius 2 is 2.00 bits per heavy atom. The number of hydrogen-bond donors (Lipinski definition) is 4. The first-order valence-electron chi connectivity index (χ1n) is 7.20. The highest BCUT2D eigenvalue weighted by Crippen LogP contribution is 2.31. The third-order valence-electron chi connectivity index (χ3n) is 3.20. The summed E-state index contributed by atoms with van der Waals surface area (Å²) in [5, 5.41) is 26.5. The highest BCUT2D eigenvalue weighted by Gasteiger charge is 2.30. The van der Waals surface area contributed by atoms with Crippen LogP contribution in [-0.4, -0.2) is 45.6 Å². The van der Waals surface area contributed by atoms with Crippen molar-refractivity contribution in [2.24, 2.45) is 0 Å². The summed E-state index contributed by atoms with van der Waals surface area (Å²) in [7, 11) is 0. The quantitative estimate of drug-likeness (QED) is 0.592. The number of benzene rings is 1. The van der Waals surface area contributed by atoms with Crippen molar-refractivity contribution in [3.05, 3.63) is 47.3 Å². The van der Waals surface area contributed by atoms with E-state index in [2.05, 4.69) is 15.5 Å². The summed E-state index contributed by atoms with van der Waals surface area (Å²) in [5.41, 5.74) is -0.463. The highest BCUT2D eigenvalue weighted by atomic mass is 19.4. The Labute approximate surface area is 140 Å². The molecule has 0 aliphatic rings. The van der Waals surface area contributed by atoms with Gasteiger partial charge < -0.3 is 20.3 Å². The number of amides is 1. The third-order valence-corrected chi connectivity index (χ3v) is 3.20. The molecular formula is C15H16F3N3O4. The molecule has 0 aliphatic carbocycles. The van der Waals surface area contributed by atoms with E-state index >= 15 is 0 Å². The second kappa shape index (κ2) is 7.99. The van der Waals surface area contributed by atoms with Crippen molar-refractivity contribution in [2.45, 2.75) is 18.8 Å². The maximum atomic E-state index is 12.6. The summed E-state index contributed by atoms with van der Waals surface area (Å²) in [6.07, 6.45) is -4.46. The van der Waals surface area contributed by atoms with Gasteiger partial charge in [0.15, 0.2) is 0 Å². The van der Waals surface area contributed by atoms with E-state index in [-0.39, 0.29) is 18.1 Å². The average Bonchev–Trinajstić information content (AvgIpc) is 3.06. The van der Waals surface area contributed by atoms with Crippen LogP contribution in [0.25, 0.3) is 0 Å². The Hall–Kier alpha value is -2.59. The molecule has 0 aliphatic heterocycles. The van der Waals surface area contributed by atoms with E-state index in [0.717, 1.165) is 12.1 Å². The first-order valence-corrected chi connectivity index (χ1v) is 7.20. The number of hydrogen-bond acceptors (Lipinski definition) is 5. The lowest BCUT2D eigenvalue weighted by Crippen LogP contribution is -2.40. The van der Waals surface area contributed by atoms with Gasteiger partial charge in [0.25, 0.3) is 5.91 Å². The van der Waals surface area contributed by atoms with Crippen molar-refractivity contribution in [1.82, 2.24) is 15.5 Å². The average molecular weight is 359 g/mol. The second-order valence-corrected chi connectivity index (χ2v) is 5.13. The summed E-state index contributed by atoms with van der Waals surface area (Å²) in [4.78, 5) is 11.8. The normalized spacial score (nSPS) is 11.6. The van der Waals surface area contributed by atoms with E-state index in [1.165, 1.54) is 18.2 Å². The summed E-state index contributed by atoms with van der Waals surface area (Å²) in [6.45, 7) is -0.985. The van der Waals surface area contributed by atoms with Crippen LogP contribution in [0.3, 0.4) is 0 Å². The van der Waals surface area contributed by atoms with Crippen LogP contribution >= 0.6 is 0 Å². The number of aromatic amines is 1. The van der Waals surface area contributed by atoms with Crippen molar-refractivity contribution >= 4 is 5.91 Å². The lowest BCUT2D eigenvalue weighted by Gasteiger charge is -2.11. The van der Waals surface area contributed by atoms with Crippen LogP contribution in [0.15, 0.2) is 30.3 Å². The predicted molar refractivity (Wildman–Crippen MR) is 79.8 cm³/mol.